The lowest BCUT2D eigenvalue weighted by molar-refractivity contribution is -0.116. The van der Waals surface area contributed by atoms with Crippen molar-refractivity contribution in [3.8, 4) is 0 Å². The minimum Gasteiger partial charge on any atom is -0.330 e. The minimum atomic E-state index is -3.67. The molecule has 4 rings (SSSR count). The van der Waals surface area contributed by atoms with Crippen molar-refractivity contribution in [1.29, 1.82) is 0 Å². The van der Waals surface area contributed by atoms with Crippen LogP contribution in [0.5, 0.6) is 0 Å². The number of amides is 1. The standard InChI is InChI=1S/C23H25N3O3S/c1-18-11-12-20-9-5-6-10-21(20)26(18)23(27)17-30(28,29)16-22-24-13-14-25(22)15-19-7-3-2-4-8-19/h2-10,13-14,18H,11-12,15-17H2,1H3. The Labute approximate surface area is 177 Å². The monoisotopic (exact) mass is 423 g/mol. The van der Waals surface area contributed by atoms with Crippen LogP contribution in [0.1, 0.15) is 30.3 Å². The normalized spacial score (nSPS) is 16.3. The molecule has 1 aliphatic rings. The first-order chi connectivity index (χ1) is 14.4. The third-order valence-electron chi connectivity index (χ3n) is 5.48. The largest absolute Gasteiger partial charge is 0.330 e. The van der Waals surface area contributed by atoms with Crippen LogP contribution < -0.4 is 4.90 Å². The topological polar surface area (TPSA) is 72.3 Å². The molecular weight excluding hydrogens is 398 g/mol. The van der Waals surface area contributed by atoms with E-state index in [-0.39, 0.29) is 17.7 Å². The Morgan fingerprint density at radius 1 is 1.10 bits per heavy atom. The second-order valence-corrected chi connectivity index (χ2v) is 9.83. The Morgan fingerprint density at radius 3 is 2.63 bits per heavy atom. The molecule has 1 amide bonds. The molecule has 1 aromatic heterocycles. The Kier molecular flexibility index (Phi) is 5.72. The first-order valence-electron chi connectivity index (χ1n) is 10.1. The van der Waals surface area contributed by atoms with Gasteiger partial charge in [-0.2, -0.15) is 0 Å². The maximum Gasteiger partial charge on any atom is 0.242 e. The van der Waals surface area contributed by atoms with Crippen molar-refractivity contribution in [2.45, 2.75) is 38.1 Å². The Balaban J connectivity index is 1.49. The van der Waals surface area contributed by atoms with Gasteiger partial charge in [0, 0.05) is 30.7 Å². The molecule has 0 bridgehead atoms. The van der Waals surface area contributed by atoms with Gasteiger partial charge in [0.15, 0.2) is 9.84 Å². The van der Waals surface area contributed by atoms with Crippen LogP contribution in [0.25, 0.3) is 0 Å². The predicted molar refractivity (Wildman–Crippen MR) is 117 cm³/mol. The number of imidazole rings is 1. The van der Waals surface area contributed by atoms with E-state index in [4.69, 9.17) is 0 Å². The Hall–Kier alpha value is -2.93. The molecule has 0 radical (unpaired) electrons. The predicted octanol–water partition coefficient (Wildman–Crippen LogP) is 3.21. The average molecular weight is 424 g/mol. The molecule has 1 unspecified atom stereocenters. The minimum absolute atomic E-state index is 0.0253. The zero-order valence-corrected chi connectivity index (χ0v) is 17.8. The summed E-state index contributed by atoms with van der Waals surface area (Å²) in [5, 5.41) is 0. The van der Waals surface area contributed by atoms with E-state index in [0.717, 1.165) is 29.7 Å². The van der Waals surface area contributed by atoms with Crippen LogP contribution in [0.3, 0.4) is 0 Å². The molecule has 0 saturated carbocycles. The van der Waals surface area contributed by atoms with Gasteiger partial charge in [0.25, 0.3) is 0 Å². The number of fused-ring (bicyclic) bond motifs is 1. The fourth-order valence-electron chi connectivity index (χ4n) is 3.98. The molecule has 2 heterocycles. The second-order valence-electron chi connectivity index (χ2n) is 7.77. The number of para-hydroxylation sites is 1. The summed E-state index contributed by atoms with van der Waals surface area (Å²) in [6, 6.07) is 17.5. The number of rotatable bonds is 6. The van der Waals surface area contributed by atoms with Crippen molar-refractivity contribution in [2.75, 3.05) is 10.7 Å². The van der Waals surface area contributed by atoms with Crippen LogP contribution in [-0.4, -0.2) is 35.7 Å². The van der Waals surface area contributed by atoms with Gasteiger partial charge in [-0.25, -0.2) is 13.4 Å². The number of aromatic nitrogens is 2. The highest BCUT2D eigenvalue weighted by atomic mass is 32.2. The van der Waals surface area contributed by atoms with Gasteiger partial charge < -0.3 is 9.47 Å². The third-order valence-corrected chi connectivity index (χ3v) is 6.87. The molecular formula is C23H25N3O3S. The van der Waals surface area contributed by atoms with Gasteiger partial charge in [-0.3, -0.25) is 4.79 Å². The molecule has 7 heteroatoms. The van der Waals surface area contributed by atoms with Crippen molar-refractivity contribution >= 4 is 21.4 Å². The quantitative estimate of drug-likeness (QED) is 0.610. The molecule has 0 saturated heterocycles. The number of hydrogen-bond donors (Lipinski definition) is 0. The van der Waals surface area contributed by atoms with Gasteiger partial charge in [-0.05, 0) is 37.0 Å². The van der Waals surface area contributed by atoms with Gasteiger partial charge in [0.2, 0.25) is 5.91 Å². The summed E-state index contributed by atoms with van der Waals surface area (Å²) in [7, 11) is -3.67. The molecule has 3 aromatic rings. The van der Waals surface area contributed by atoms with Crippen LogP contribution >= 0.6 is 0 Å². The zero-order valence-electron chi connectivity index (χ0n) is 16.9. The molecule has 0 fully saturated rings. The van der Waals surface area contributed by atoms with Crippen molar-refractivity contribution in [3.05, 3.63) is 83.9 Å². The molecule has 30 heavy (non-hydrogen) atoms. The molecule has 156 valence electrons. The lowest BCUT2D eigenvalue weighted by Crippen LogP contribution is -2.45. The van der Waals surface area contributed by atoms with Crippen molar-refractivity contribution < 1.29 is 13.2 Å². The Morgan fingerprint density at radius 2 is 1.83 bits per heavy atom. The lowest BCUT2D eigenvalue weighted by atomic mass is 9.97. The molecule has 1 atom stereocenters. The Bertz CT molecular complexity index is 1140. The molecule has 1 aliphatic heterocycles. The van der Waals surface area contributed by atoms with Gasteiger partial charge in [-0.1, -0.05) is 48.5 Å². The molecule has 2 aromatic carbocycles. The van der Waals surface area contributed by atoms with E-state index in [1.807, 2.05) is 66.1 Å². The van der Waals surface area contributed by atoms with Crippen LogP contribution in [0.4, 0.5) is 5.69 Å². The summed E-state index contributed by atoms with van der Waals surface area (Å²) in [6.07, 6.45) is 5.08. The van der Waals surface area contributed by atoms with E-state index < -0.39 is 15.6 Å². The summed E-state index contributed by atoms with van der Waals surface area (Å²) in [6.45, 7) is 2.50. The zero-order chi connectivity index (χ0) is 21.1. The van der Waals surface area contributed by atoms with Crippen LogP contribution in [-0.2, 0) is 33.4 Å². The number of carbonyl (C=O) groups is 1. The summed E-state index contributed by atoms with van der Waals surface area (Å²) in [5.41, 5.74) is 2.96. The van der Waals surface area contributed by atoms with E-state index in [9.17, 15) is 13.2 Å². The number of nitrogens with zero attached hydrogens (tertiary/aromatic N) is 3. The van der Waals surface area contributed by atoms with E-state index in [1.165, 1.54) is 0 Å². The first-order valence-corrected chi connectivity index (χ1v) is 11.9. The highest BCUT2D eigenvalue weighted by Crippen LogP contribution is 2.30. The fraction of sp³-hybridized carbons (Fsp3) is 0.304. The number of hydrogen-bond acceptors (Lipinski definition) is 4. The molecule has 0 N–H and O–H groups in total. The molecule has 0 aliphatic carbocycles. The van der Waals surface area contributed by atoms with Crippen molar-refractivity contribution in [2.24, 2.45) is 0 Å². The molecule has 6 nitrogen and oxygen atoms in total. The summed E-state index contributed by atoms with van der Waals surface area (Å²) in [4.78, 5) is 18.9. The number of carbonyl (C=O) groups excluding carboxylic acids is 1. The summed E-state index contributed by atoms with van der Waals surface area (Å²) >= 11 is 0. The number of anilines is 1. The van der Waals surface area contributed by atoms with Crippen molar-refractivity contribution in [3.63, 3.8) is 0 Å². The van der Waals surface area contributed by atoms with E-state index >= 15 is 0 Å². The highest BCUT2D eigenvalue weighted by molar-refractivity contribution is 7.91. The maximum atomic E-state index is 13.0. The third kappa shape index (κ3) is 4.46. The number of aryl methyl sites for hydroxylation is 1. The van der Waals surface area contributed by atoms with E-state index in [1.54, 1.807) is 17.3 Å². The first kappa shape index (κ1) is 20.3. The van der Waals surface area contributed by atoms with Gasteiger partial charge in [-0.15, -0.1) is 0 Å². The van der Waals surface area contributed by atoms with Crippen molar-refractivity contribution in [1.82, 2.24) is 9.55 Å². The number of benzene rings is 2. The van der Waals surface area contributed by atoms with Crippen LogP contribution in [0.15, 0.2) is 67.0 Å². The maximum absolute atomic E-state index is 13.0. The van der Waals surface area contributed by atoms with E-state index in [2.05, 4.69) is 4.98 Å². The summed E-state index contributed by atoms with van der Waals surface area (Å²) in [5.74, 6) is -0.721. The average Bonchev–Trinajstić information content (AvgIpc) is 3.13. The molecule has 0 spiro atoms. The van der Waals surface area contributed by atoms with Gasteiger partial charge in [0.1, 0.15) is 17.3 Å². The highest BCUT2D eigenvalue weighted by Gasteiger charge is 2.31. The lowest BCUT2D eigenvalue weighted by Gasteiger charge is -2.35. The fourth-order valence-corrected chi connectivity index (χ4v) is 5.23. The van der Waals surface area contributed by atoms with Gasteiger partial charge in [0.05, 0.1) is 0 Å². The second kappa shape index (κ2) is 8.44. The smallest absolute Gasteiger partial charge is 0.242 e. The SMILES string of the molecule is CC1CCc2ccccc2N1C(=O)CS(=O)(=O)Cc1nccn1Cc1ccccc1. The van der Waals surface area contributed by atoms with Gasteiger partial charge >= 0.3 is 0 Å². The van der Waals surface area contributed by atoms with Crippen LogP contribution in [0.2, 0.25) is 0 Å². The van der Waals surface area contributed by atoms with E-state index in [0.29, 0.717) is 12.4 Å². The number of sulfone groups is 1. The van der Waals surface area contributed by atoms with Crippen LogP contribution in [0, 0.1) is 0 Å². The summed E-state index contributed by atoms with van der Waals surface area (Å²) < 4.78 is 27.6.